The third-order valence-corrected chi connectivity index (χ3v) is 4.39. The second-order valence-corrected chi connectivity index (χ2v) is 8.47. The lowest BCUT2D eigenvalue weighted by Crippen LogP contribution is -2.42. The Morgan fingerprint density at radius 2 is 2.04 bits per heavy atom. The first-order valence-corrected chi connectivity index (χ1v) is 8.94. The third-order valence-electron chi connectivity index (χ3n) is 4.39. The van der Waals surface area contributed by atoms with Crippen molar-refractivity contribution in [3.05, 3.63) is 12.4 Å². The molecule has 0 aromatic carbocycles. The molecule has 138 valence electrons. The van der Waals surface area contributed by atoms with Gasteiger partial charge >= 0.3 is 13.2 Å². The smallest absolute Gasteiger partial charge is 0.444 e. The van der Waals surface area contributed by atoms with Gasteiger partial charge in [0.05, 0.1) is 18.2 Å². The molecule has 0 unspecified atom stereocenters. The van der Waals surface area contributed by atoms with E-state index in [2.05, 4.69) is 5.10 Å². The van der Waals surface area contributed by atoms with E-state index < -0.39 is 5.60 Å². The van der Waals surface area contributed by atoms with Gasteiger partial charge in [0, 0.05) is 30.9 Å². The minimum Gasteiger partial charge on any atom is -0.444 e. The Morgan fingerprint density at radius 1 is 1.36 bits per heavy atom. The SMILES string of the molecule is CC(C)(C)OC(=O)N1CCC(n2cc(B3OCC(C)(C)O3)cn2)CC1. The summed E-state index contributed by atoms with van der Waals surface area (Å²) >= 11 is 0. The quantitative estimate of drug-likeness (QED) is 0.764. The zero-order chi connectivity index (χ0) is 18.2. The van der Waals surface area contributed by atoms with Gasteiger partial charge in [0.2, 0.25) is 0 Å². The highest BCUT2D eigenvalue weighted by molar-refractivity contribution is 6.61. The molecule has 0 saturated carbocycles. The number of likely N-dealkylation sites (tertiary alicyclic amines) is 1. The molecule has 7 nitrogen and oxygen atoms in total. The highest BCUT2D eigenvalue weighted by Gasteiger charge is 2.39. The number of rotatable bonds is 2. The lowest BCUT2D eigenvalue weighted by atomic mass is 9.82. The van der Waals surface area contributed by atoms with Crippen molar-refractivity contribution in [3.63, 3.8) is 0 Å². The second-order valence-electron chi connectivity index (χ2n) is 8.47. The maximum atomic E-state index is 12.1. The summed E-state index contributed by atoms with van der Waals surface area (Å²) in [5.74, 6) is 0. The van der Waals surface area contributed by atoms with Crippen LogP contribution < -0.4 is 5.46 Å². The zero-order valence-electron chi connectivity index (χ0n) is 15.8. The maximum Gasteiger partial charge on any atom is 0.497 e. The predicted molar refractivity (Wildman–Crippen MR) is 94.8 cm³/mol. The number of hydrogen-bond acceptors (Lipinski definition) is 5. The van der Waals surface area contributed by atoms with Gasteiger partial charge in [-0.3, -0.25) is 4.68 Å². The highest BCUT2D eigenvalue weighted by atomic mass is 16.7. The summed E-state index contributed by atoms with van der Waals surface area (Å²) in [4.78, 5) is 13.9. The number of ether oxygens (including phenoxy) is 1. The Kier molecular flexibility index (Phi) is 4.85. The van der Waals surface area contributed by atoms with Crippen LogP contribution in [0, 0.1) is 0 Å². The molecule has 25 heavy (non-hydrogen) atoms. The fourth-order valence-corrected chi connectivity index (χ4v) is 3.11. The van der Waals surface area contributed by atoms with Crippen molar-refractivity contribution in [2.45, 2.75) is 64.7 Å². The molecule has 2 fully saturated rings. The lowest BCUT2D eigenvalue weighted by Gasteiger charge is -2.33. The van der Waals surface area contributed by atoms with E-state index in [1.165, 1.54) is 0 Å². The van der Waals surface area contributed by atoms with E-state index in [1.54, 1.807) is 4.90 Å². The van der Waals surface area contributed by atoms with Crippen molar-refractivity contribution in [1.82, 2.24) is 14.7 Å². The van der Waals surface area contributed by atoms with Crippen LogP contribution in [-0.4, -0.2) is 58.8 Å². The van der Waals surface area contributed by atoms with Crippen LogP contribution in [0.1, 0.15) is 53.5 Å². The number of carbonyl (C=O) groups is 1. The van der Waals surface area contributed by atoms with Gasteiger partial charge in [0.1, 0.15) is 5.60 Å². The first-order valence-electron chi connectivity index (χ1n) is 8.94. The molecule has 2 aliphatic rings. The molecule has 2 aliphatic heterocycles. The summed E-state index contributed by atoms with van der Waals surface area (Å²) in [5.41, 5.74) is 0.228. The summed E-state index contributed by atoms with van der Waals surface area (Å²) in [5, 5.41) is 4.48. The van der Waals surface area contributed by atoms with Crippen molar-refractivity contribution in [2.24, 2.45) is 0 Å². The van der Waals surface area contributed by atoms with E-state index in [0.29, 0.717) is 19.7 Å². The Morgan fingerprint density at radius 3 is 2.60 bits per heavy atom. The lowest BCUT2D eigenvalue weighted by molar-refractivity contribution is 0.0185. The van der Waals surface area contributed by atoms with E-state index in [4.69, 9.17) is 14.0 Å². The third kappa shape index (κ3) is 4.55. The van der Waals surface area contributed by atoms with E-state index in [0.717, 1.165) is 18.3 Å². The summed E-state index contributed by atoms with van der Waals surface area (Å²) in [7, 11) is -0.342. The fraction of sp³-hybridized carbons (Fsp3) is 0.765. The van der Waals surface area contributed by atoms with Crippen LogP contribution in [0.4, 0.5) is 4.79 Å². The average Bonchev–Trinajstić information content (AvgIpc) is 3.12. The topological polar surface area (TPSA) is 65.8 Å². The number of aromatic nitrogens is 2. The van der Waals surface area contributed by atoms with Crippen LogP contribution in [0.3, 0.4) is 0 Å². The number of carbonyl (C=O) groups excluding carboxylic acids is 1. The molecule has 0 aliphatic carbocycles. The second kappa shape index (κ2) is 6.65. The molecule has 0 N–H and O–H groups in total. The monoisotopic (exact) mass is 349 g/mol. The molecule has 2 saturated heterocycles. The Hall–Kier alpha value is -1.54. The highest BCUT2D eigenvalue weighted by Crippen LogP contribution is 2.24. The number of piperidine rings is 1. The average molecular weight is 349 g/mol. The Bertz CT molecular complexity index is 618. The normalized spacial score (nSPS) is 21.6. The van der Waals surface area contributed by atoms with Crippen LogP contribution in [-0.2, 0) is 14.0 Å². The van der Waals surface area contributed by atoms with Gasteiger partial charge in [-0.1, -0.05) is 0 Å². The van der Waals surface area contributed by atoms with Gasteiger partial charge < -0.3 is 18.9 Å². The van der Waals surface area contributed by atoms with Gasteiger partial charge in [-0.15, -0.1) is 0 Å². The van der Waals surface area contributed by atoms with E-state index >= 15 is 0 Å². The van der Waals surface area contributed by atoms with Gasteiger partial charge in [-0.25, -0.2) is 4.79 Å². The van der Waals surface area contributed by atoms with Crippen molar-refractivity contribution in [1.29, 1.82) is 0 Å². The molecule has 3 heterocycles. The van der Waals surface area contributed by atoms with Crippen LogP contribution in [0.5, 0.6) is 0 Å². The first kappa shape index (κ1) is 18.3. The van der Waals surface area contributed by atoms with Crippen molar-refractivity contribution in [3.8, 4) is 0 Å². The summed E-state index contributed by atoms with van der Waals surface area (Å²) in [6, 6.07) is 0.279. The summed E-state index contributed by atoms with van der Waals surface area (Å²) in [6.07, 6.45) is 5.30. The van der Waals surface area contributed by atoms with Crippen LogP contribution >= 0.6 is 0 Å². The fourth-order valence-electron chi connectivity index (χ4n) is 3.11. The molecule has 3 rings (SSSR count). The minimum absolute atomic E-state index is 0.234. The first-order chi connectivity index (χ1) is 11.6. The van der Waals surface area contributed by atoms with Gasteiger partial charge in [-0.2, -0.15) is 5.10 Å². The molecule has 0 radical (unpaired) electrons. The number of hydrogen-bond donors (Lipinski definition) is 0. The molecule has 1 amide bonds. The van der Waals surface area contributed by atoms with E-state index in [9.17, 15) is 4.79 Å². The van der Waals surface area contributed by atoms with Gasteiger partial charge in [0.15, 0.2) is 0 Å². The number of amides is 1. The van der Waals surface area contributed by atoms with E-state index in [1.807, 2.05) is 51.7 Å². The molecule has 0 bridgehead atoms. The van der Waals surface area contributed by atoms with Gasteiger partial charge in [-0.05, 0) is 47.5 Å². The van der Waals surface area contributed by atoms with Crippen LogP contribution in [0.15, 0.2) is 12.4 Å². The number of nitrogens with zero attached hydrogens (tertiary/aromatic N) is 3. The molecule has 8 heteroatoms. The molecule has 0 atom stereocenters. The van der Waals surface area contributed by atoms with Crippen LogP contribution in [0.2, 0.25) is 0 Å². The Balaban J connectivity index is 1.54. The molecular formula is C17H28BN3O4. The van der Waals surface area contributed by atoms with E-state index in [-0.39, 0.29) is 24.9 Å². The van der Waals surface area contributed by atoms with Crippen molar-refractivity contribution < 1.29 is 18.8 Å². The summed E-state index contributed by atoms with van der Waals surface area (Å²) < 4.78 is 19.0. The standard InChI is InChI=1S/C17H28BN3O4/c1-16(2,3)24-15(22)20-8-6-14(7-9-20)21-11-13(10-19-21)18-23-12-17(4,5)25-18/h10-11,14H,6-9,12H2,1-5H3. The largest absolute Gasteiger partial charge is 0.497 e. The minimum atomic E-state index is -0.458. The molecule has 1 aromatic rings. The van der Waals surface area contributed by atoms with Crippen molar-refractivity contribution in [2.75, 3.05) is 19.7 Å². The predicted octanol–water partition coefficient (Wildman–Crippen LogP) is 1.98. The molecule has 1 aromatic heterocycles. The van der Waals surface area contributed by atoms with Gasteiger partial charge in [0.25, 0.3) is 0 Å². The maximum absolute atomic E-state index is 12.1. The van der Waals surface area contributed by atoms with Crippen LogP contribution in [0.25, 0.3) is 0 Å². The summed E-state index contributed by atoms with van der Waals surface area (Å²) in [6.45, 7) is 11.6. The van der Waals surface area contributed by atoms with Crippen molar-refractivity contribution >= 4 is 18.7 Å². The molecular weight excluding hydrogens is 321 g/mol. The molecule has 0 spiro atoms. The zero-order valence-corrected chi connectivity index (χ0v) is 15.8. The Labute approximate surface area is 149 Å².